The van der Waals surface area contributed by atoms with Gasteiger partial charge in [0, 0.05) is 16.5 Å². The second-order valence-corrected chi connectivity index (χ2v) is 7.33. The van der Waals surface area contributed by atoms with Gasteiger partial charge in [-0.2, -0.15) is 11.8 Å². The van der Waals surface area contributed by atoms with Crippen LogP contribution in [-0.2, 0) is 0 Å². The first-order valence-electron chi connectivity index (χ1n) is 6.55. The topological polar surface area (TPSA) is 12.0 Å². The van der Waals surface area contributed by atoms with E-state index in [2.05, 4.69) is 33.0 Å². The normalized spacial score (nSPS) is 13.6. The maximum atomic E-state index is 13.3. The summed E-state index contributed by atoms with van der Waals surface area (Å²) in [4.78, 5) is 0. The number of rotatable bonds is 6. The first kappa shape index (κ1) is 15.5. The summed E-state index contributed by atoms with van der Waals surface area (Å²) >= 11 is 1.91. The van der Waals surface area contributed by atoms with Crippen LogP contribution in [-0.4, -0.2) is 17.0 Å². The standard InChI is InChI=1S/C15H24FNS/c1-5-9-17-14(11-18-15(2,3)4)12-7-6-8-13(16)10-12/h6-8,10,14,17H,5,9,11H2,1-4H3. The van der Waals surface area contributed by atoms with Gasteiger partial charge >= 0.3 is 0 Å². The van der Waals surface area contributed by atoms with Gasteiger partial charge in [-0.3, -0.25) is 0 Å². The fourth-order valence-electron chi connectivity index (χ4n) is 1.65. The fourth-order valence-corrected chi connectivity index (χ4v) is 2.63. The Morgan fingerprint density at radius 1 is 1.33 bits per heavy atom. The van der Waals surface area contributed by atoms with Crippen LogP contribution in [0.3, 0.4) is 0 Å². The molecule has 0 spiro atoms. The summed E-state index contributed by atoms with van der Waals surface area (Å²) < 4.78 is 13.5. The molecule has 102 valence electrons. The lowest BCUT2D eigenvalue weighted by Crippen LogP contribution is -2.26. The predicted octanol–water partition coefficient (Wildman–Crippen LogP) is 4.40. The molecule has 0 bridgehead atoms. The summed E-state index contributed by atoms with van der Waals surface area (Å²) in [6.07, 6.45) is 1.09. The van der Waals surface area contributed by atoms with E-state index in [1.807, 2.05) is 17.8 Å². The number of nitrogens with one attached hydrogen (secondary N) is 1. The van der Waals surface area contributed by atoms with Crippen LogP contribution in [0.15, 0.2) is 24.3 Å². The molecule has 0 aliphatic heterocycles. The first-order chi connectivity index (χ1) is 8.42. The zero-order valence-corrected chi connectivity index (χ0v) is 12.6. The quantitative estimate of drug-likeness (QED) is 0.821. The van der Waals surface area contributed by atoms with Crippen LogP contribution in [0.4, 0.5) is 4.39 Å². The van der Waals surface area contributed by atoms with Gasteiger partial charge in [-0.1, -0.05) is 39.8 Å². The maximum Gasteiger partial charge on any atom is 0.123 e. The molecule has 3 heteroatoms. The molecule has 1 unspecified atom stereocenters. The highest BCUT2D eigenvalue weighted by Gasteiger charge is 2.17. The Balaban J connectivity index is 2.71. The lowest BCUT2D eigenvalue weighted by molar-refractivity contribution is 0.566. The third-order valence-electron chi connectivity index (χ3n) is 2.57. The molecular formula is C15H24FNS. The van der Waals surface area contributed by atoms with Crippen molar-refractivity contribution in [2.24, 2.45) is 0 Å². The molecule has 0 radical (unpaired) electrons. The van der Waals surface area contributed by atoms with Gasteiger partial charge < -0.3 is 5.32 Å². The Hall–Kier alpha value is -0.540. The fraction of sp³-hybridized carbons (Fsp3) is 0.600. The monoisotopic (exact) mass is 269 g/mol. The highest BCUT2D eigenvalue weighted by molar-refractivity contribution is 8.00. The van der Waals surface area contributed by atoms with Gasteiger partial charge in [-0.25, -0.2) is 4.39 Å². The lowest BCUT2D eigenvalue weighted by atomic mass is 10.1. The summed E-state index contributed by atoms with van der Waals surface area (Å²) in [6, 6.07) is 7.14. The number of hydrogen-bond donors (Lipinski definition) is 1. The molecule has 0 fully saturated rings. The van der Waals surface area contributed by atoms with Crippen molar-refractivity contribution in [3.8, 4) is 0 Å². The van der Waals surface area contributed by atoms with Crippen molar-refractivity contribution in [1.82, 2.24) is 5.32 Å². The van der Waals surface area contributed by atoms with Crippen LogP contribution in [0, 0.1) is 5.82 Å². The molecule has 0 aliphatic carbocycles. The van der Waals surface area contributed by atoms with Crippen LogP contribution >= 0.6 is 11.8 Å². The number of halogens is 1. The second-order valence-electron chi connectivity index (χ2n) is 5.49. The van der Waals surface area contributed by atoms with E-state index in [4.69, 9.17) is 0 Å². The minimum atomic E-state index is -0.156. The Morgan fingerprint density at radius 3 is 2.61 bits per heavy atom. The largest absolute Gasteiger partial charge is 0.309 e. The van der Waals surface area contributed by atoms with E-state index in [1.165, 1.54) is 6.07 Å². The Kier molecular flexibility index (Phi) is 6.16. The van der Waals surface area contributed by atoms with E-state index in [0.29, 0.717) is 0 Å². The third kappa shape index (κ3) is 5.87. The molecule has 1 N–H and O–H groups in total. The molecule has 0 aromatic heterocycles. The van der Waals surface area contributed by atoms with E-state index < -0.39 is 0 Å². The summed E-state index contributed by atoms with van der Waals surface area (Å²) in [6.45, 7) is 9.73. The molecule has 0 heterocycles. The second kappa shape index (κ2) is 7.15. The lowest BCUT2D eigenvalue weighted by Gasteiger charge is -2.24. The zero-order chi connectivity index (χ0) is 13.6. The Bertz CT molecular complexity index is 360. The minimum absolute atomic E-state index is 0.156. The highest BCUT2D eigenvalue weighted by atomic mass is 32.2. The summed E-state index contributed by atoms with van der Waals surface area (Å²) in [5, 5.41) is 3.50. The van der Waals surface area contributed by atoms with Crippen LogP contribution in [0.1, 0.15) is 45.7 Å². The van der Waals surface area contributed by atoms with Gasteiger partial charge in [-0.05, 0) is 30.7 Å². The summed E-state index contributed by atoms with van der Waals surface area (Å²) in [5.41, 5.74) is 1.04. The maximum absolute atomic E-state index is 13.3. The Labute approximate surface area is 115 Å². The molecule has 0 amide bonds. The average Bonchev–Trinajstić information content (AvgIpc) is 2.28. The van der Waals surface area contributed by atoms with Crippen molar-refractivity contribution >= 4 is 11.8 Å². The molecule has 1 aromatic rings. The van der Waals surface area contributed by atoms with Crippen LogP contribution < -0.4 is 5.32 Å². The van der Waals surface area contributed by atoms with Crippen molar-refractivity contribution in [2.45, 2.75) is 44.9 Å². The summed E-state index contributed by atoms with van der Waals surface area (Å²) in [5.74, 6) is 0.809. The van der Waals surface area contributed by atoms with Crippen LogP contribution in [0.2, 0.25) is 0 Å². The molecule has 1 nitrogen and oxygen atoms in total. The van der Waals surface area contributed by atoms with Crippen molar-refractivity contribution in [2.75, 3.05) is 12.3 Å². The van der Waals surface area contributed by atoms with Crippen molar-refractivity contribution in [3.05, 3.63) is 35.6 Å². The van der Waals surface area contributed by atoms with Crippen LogP contribution in [0.5, 0.6) is 0 Å². The van der Waals surface area contributed by atoms with Gasteiger partial charge in [-0.15, -0.1) is 0 Å². The van der Waals surface area contributed by atoms with E-state index in [1.54, 1.807) is 12.1 Å². The van der Waals surface area contributed by atoms with Crippen molar-refractivity contribution in [1.29, 1.82) is 0 Å². The average molecular weight is 269 g/mol. The number of thioether (sulfide) groups is 1. The summed E-state index contributed by atoms with van der Waals surface area (Å²) in [7, 11) is 0. The third-order valence-corrected chi connectivity index (χ3v) is 3.94. The van der Waals surface area contributed by atoms with Crippen molar-refractivity contribution in [3.63, 3.8) is 0 Å². The zero-order valence-electron chi connectivity index (χ0n) is 11.8. The smallest absolute Gasteiger partial charge is 0.123 e. The van der Waals surface area contributed by atoms with Gasteiger partial charge in [0.2, 0.25) is 0 Å². The molecule has 0 saturated carbocycles. The minimum Gasteiger partial charge on any atom is -0.309 e. The number of hydrogen-bond acceptors (Lipinski definition) is 2. The van der Waals surface area contributed by atoms with Gasteiger partial charge in [0.1, 0.15) is 5.82 Å². The van der Waals surface area contributed by atoms with Crippen LogP contribution in [0.25, 0.3) is 0 Å². The molecular weight excluding hydrogens is 245 g/mol. The highest BCUT2D eigenvalue weighted by Crippen LogP contribution is 2.28. The van der Waals surface area contributed by atoms with Gasteiger partial charge in [0.05, 0.1) is 0 Å². The SMILES string of the molecule is CCCNC(CSC(C)(C)C)c1cccc(F)c1. The van der Waals surface area contributed by atoms with E-state index in [-0.39, 0.29) is 16.6 Å². The molecule has 1 rings (SSSR count). The molecule has 1 aromatic carbocycles. The first-order valence-corrected chi connectivity index (χ1v) is 7.54. The Morgan fingerprint density at radius 2 is 2.06 bits per heavy atom. The molecule has 0 saturated heterocycles. The van der Waals surface area contributed by atoms with E-state index in [9.17, 15) is 4.39 Å². The van der Waals surface area contributed by atoms with E-state index >= 15 is 0 Å². The van der Waals surface area contributed by atoms with Gasteiger partial charge in [0.25, 0.3) is 0 Å². The predicted molar refractivity (Wildman–Crippen MR) is 79.6 cm³/mol. The molecule has 0 aliphatic rings. The van der Waals surface area contributed by atoms with Gasteiger partial charge in [0.15, 0.2) is 0 Å². The number of benzene rings is 1. The van der Waals surface area contributed by atoms with E-state index in [0.717, 1.165) is 24.3 Å². The van der Waals surface area contributed by atoms with Crippen molar-refractivity contribution < 1.29 is 4.39 Å². The molecule has 18 heavy (non-hydrogen) atoms. The molecule has 1 atom stereocenters.